The van der Waals surface area contributed by atoms with Gasteiger partial charge in [-0.05, 0) is 35.9 Å². The number of carbonyl (C=O) groups excluding carboxylic acids is 2. The van der Waals surface area contributed by atoms with Crippen LogP contribution in [0.4, 0.5) is 5.69 Å². The van der Waals surface area contributed by atoms with Crippen molar-refractivity contribution in [2.75, 3.05) is 0 Å². The van der Waals surface area contributed by atoms with E-state index in [1.165, 1.54) is 23.1 Å². The van der Waals surface area contributed by atoms with Gasteiger partial charge in [0.15, 0.2) is 5.58 Å². The van der Waals surface area contributed by atoms with Crippen LogP contribution >= 0.6 is 0 Å². The van der Waals surface area contributed by atoms with E-state index in [0.29, 0.717) is 33.7 Å². The number of hydrogen-bond acceptors (Lipinski definition) is 6. The van der Waals surface area contributed by atoms with Gasteiger partial charge in [0.25, 0.3) is 17.5 Å². The molecule has 8 heteroatoms. The molecule has 1 aliphatic heterocycles. The third kappa shape index (κ3) is 2.82. The minimum absolute atomic E-state index is 0.0568. The molecule has 5 rings (SSSR count). The van der Waals surface area contributed by atoms with E-state index in [-0.39, 0.29) is 24.0 Å². The number of benzene rings is 3. The Kier molecular flexibility index (Phi) is 3.92. The zero-order valence-corrected chi connectivity index (χ0v) is 15.4. The highest BCUT2D eigenvalue weighted by atomic mass is 16.6. The Morgan fingerprint density at radius 3 is 2.23 bits per heavy atom. The number of aromatic nitrogens is 1. The largest absolute Gasteiger partial charge is 0.436 e. The van der Waals surface area contributed by atoms with E-state index >= 15 is 0 Å². The zero-order valence-electron chi connectivity index (χ0n) is 15.4. The van der Waals surface area contributed by atoms with E-state index in [0.717, 1.165) is 5.56 Å². The molecule has 30 heavy (non-hydrogen) atoms. The smallest absolute Gasteiger partial charge is 0.271 e. The minimum Gasteiger partial charge on any atom is -0.436 e. The van der Waals surface area contributed by atoms with Crippen molar-refractivity contribution in [2.45, 2.75) is 6.54 Å². The highest BCUT2D eigenvalue weighted by Gasteiger charge is 2.34. The van der Waals surface area contributed by atoms with Crippen molar-refractivity contribution in [1.29, 1.82) is 0 Å². The normalized spacial score (nSPS) is 13.1. The number of non-ortho nitro benzene ring substituents is 1. The third-order valence-electron chi connectivity index (χ3n) is 5.00. The molecule has 0 bridgehead atoms. The van der Waals surface area contributed by atoms with Gasteiger partial charge in [0.2, 0.25) is 5.89 Å². The maximum Gasteiger partial charge on any atom is 0.271 e. The van der Waals surface area contributed by atoms with Crippen LogP contribution in [0.25, 0.3) is 22.6 Å². The minimum atomic E-state index is -0.484. The average Bonchev–Trinajstić information content (AvgIpc) is 3.29. The first-order valence-corrected chi connectivity index (χ1v) is 9.11. The predicted molar refractivity (Wildman–Crippen MR) is 107 cm³/mol. The van der Waals surface area contributed by atoms with Crippen molar-refractivity contribution in [3.63, 3.8) is 0 Å². The van der Waals surface area contributed by atoms with Crippen molar-refractivity contribution < 1.29 is 18.9 Å². The molecule has 0 saturated carbocycles. The van der Waals surface area contributed by atoms with Crippen LogP contribution in [0.5, 0.6) is 0 Å². The fourth-order valence-corrected chi connectivity index (χ4v) is 3.47. The Labute approximate surface area is 169 Å². The van der Waals surface area contributed by atoms with Crippen LogP contribution in [0.3, 0.4) is 0 Å². The average molecular weight is 399 g/mol. The standard InChI is InChI=1S/C22H13N3O5/c26-21-16-3-1-2-4-17(16)22(27)24(21)12-13-5-7-14(8-6-13)20-23-18-11-15(25(28)29)9-10-19(18)30-20/h1-11H,12H2. The van der Waals surface area contributed by atoms with Crippen LogP contribution < -0.4 is 0 Å². The molecule has 0 spiro atoms. The topological polar surface area (TPSA) is 107 Å². The number of carbonyl (C=O) groups is 2. The van der Waals surface area contributed by atoms with Crippen molar-refractivity contribution in [3.8, 4) is 11.5 Å². The van der Waals surface area contributed by atoms with Gasteiger partial charge in [0.1, 0.15) is 5.52 Å². The van der Waals surface area contributed by atoms with Gasteiger partial charge in [-0.15, -0.1) is 0 Å². The summed E-state index contributed by atoms with van der Waals surface area (Å²) in [5.74, 6) is -0.279. The van der Waals surface area contributed by atoms with E-state index < -0.39 is 4.92 Å². The number of nitro benzene ring substituents is 1. The second kappa shape index (κ2) is 6.63. The lowest BCUT2D eigenvalue weighted by Gasteiger charge is -2.13. The summed E-state index contributed by atoms with van der Waals surface area (Å²) in [5.41, 5.74) is 3.08. The van der Waals surface area contributed by atoms with Gasteiger partial charge in [0.05, 0.1) is 22.6 Å². The summed E-state index contributed by atoms with van der Waals surface area (Å²) in [6.07, 6.45) is 0. The first-order valence-electron chi connectivity index (χ1n) is 9.11. The van der Waals surface area contributed by atoms with Gasteiger partial charge in [-0.25, -0.2) is 4.98 Å². The summed E-state index contributed by atoms with van der Waals surface area (Å²) in [6, 6.07) is 18.1. The quantitative estimate of drug-likeness (QED) is 0.289. The molecule has 8 nitrogen and oxygen atoms in total. The molecular formula is C22H13N3O5. The van der Waals surface area contributed by atoms with Crippen LogP contribution in [0.15, 0.2) is 71.1 Å². The van der Waals surface area contributed by atoms with Crippen LogP contribution in [0.1, 0.15) is 26.3 Å². The molecule has 1 aliphatic rings. The molecule has 0 atom stereocenters. The summed E-state index contributed by atoms with van der Waals surface area (Å²) >= 11 is 0. The van der Waals surface area contributed by atoms with Crippen LogP contribution in [-0.4, -0.2) is 26.6 Å². The molecule has 0 aliphatic carbocycles. The lowest BCUT2D eigenvalue weighted by molar-refractivity contribution is -0.384. The first-order chi connectivity index (χ1) is 14.5. The van der Waals surface area contributed by atoms with Crippen LogP contribution in [0, 0.1) is 10.1 Å². The summed E-state index contributed by atoms with van der Waals surface area (Å²) in [7, 11) is 0. The monoisotopic (exact) mass is 399 g/mol. The molecule has 1 aromatic heterocycles. The molecule has 0 fully saturated rings. The summed E-state index contributed by atoms with van der Waals surface area (Å²) in [4.78, 5) is 41.0. The molecule has 2 amide bonds. The number of fused-ring (bicyclic) bond motifs is 2. The second-order valence-corrected chi connectivity index (χ2v) is 6.87. The van der Waals surface area contributed by atoms with Crippen molar-refractivity contribution in [2.24, 2.45) is 0 Å². The Hall–Kier alpha value is -4.33. The van der Waals surface area contributed by atoms with E-state index in [2.05, 4.69) is 4.98 Å². The van der Waals surface area contributed by atoms with Crippen molar-refractivity contribution in [3.05, 3.63) is 93.5 Å². The Balaban J connectivity index is 1.39. The molecule has 2 heterocycles. The molecule has 3 aromatic carbocycles. The predicted octanol–water partition coefficient (Wildman–Crippen LogP) is 4.20. The SMILES string of the molecule is O=C1c2ccccc2C(=O)N1Cc1ccc(-c2nc3cc([N+](=O)[O-])ccc3o2)cc1. The van der Waals surface area contributed by atoms with Crippen LogP contribution in [0.2, 0.25) is 0 Å². The van der Waals surface area contributed by atoms with Crippen LogP contribution in [-0.2, 0) is 6.54 Å². The van der Waals surface area contributed by atoms with Gasteiger partial charge in [-0.2, -0.15) is 0 Å². The fourth-order valence-electron chi connectivity index (χ4n) is 3.47. The van der Waals surface area contributed by atoms with E-state index in [4.69, 9.17) is 4.42 Å². The fraction of sp³-hybridized carbons (Fsp3) is 0.0455. The van der Waals surface area contributed by atoms with E-state index in [9.17, 15) is 19.7 Å². The molecule has 4 aromatic rings. The number of amides is 2. The number of rotatable bonds is 4. The van der Waals surface area contributed by atoms with Crippen molar-refractivity contribution in [1.82, 2.24) is 9.88 Å². The number of oxazole rings is 1. The van der Waals surface area contributed by atoms with Crippen molar-refractivity contribution >= 4 is 28.6 Å². The second-order valence-electron chi connectivity index (χ2n) is 6.87. The van der Waals surface area contributed by atoms with Gasteiger partial charge >= 0.3 is 0 Å². The van der Waals surface area contributed by atoms with E-state index in [1.54, 1.807) is 48.5 Å². The summed E-state index contributed by atoms with van der Waals surface area (Å²) < 4.78 is 5.69. The zero-order chi connectivity index (χ0) is 20.8. The van der Waals surface area contributed by atoms with Gasteiger partial charge in [-0.3, -0.25) is 24.6 Å². The number of hydrogen-bond donors (Lipinski definition) is 0. The molecule has 0 radical (unpaired) electrons. The lowest BCUT2D eigenvalue weighted by atomic mass is 10.1. The summed E-state index contributed by atoms with van der Waals surface area (Å²) in [6.45, 7) is 0.159. The van der Waals surface area contributed by atoms with Gasteiger partial charge < -0.3 is 4.42 Å². The maximum atomic E-state index is 12.5. The Bertz CT molecular complexity index is 1310. The molecule has 146 valence electrons. The van der Waals surface area contributed by atoms with E-state index in [1.807, 2.05) is 0 Å². The Morgan fingerprint density at radius 1 is 0.933 bits per heavy atom. The molecule has 0 saturated heterocycles. The van der Waals surface area contributed by atoms with Gasteiger partial charge in [-0.1, -0.05) is 24.3 Å². The molecule has 0 N–H and O–H groups in total. The maximum absolute atomic E-state index is 12.5. The highest BCUT2D eigenvalue weighted by molar-refractivity contribution is 6.21. The summed E-state index contributed by atoms with van der Waals surface area (Å²) in [5, 5.41) is 10.9. The highest BCUT2D eigenvalue weighted by Crippen LogP contribution is 2.28. The molecular weight excluding hydrogens is 386 g/mol. The number of imide groups is 1. The number of nitro groups is 1. The Morgan fingerprint density at radius 2 is 1.60 bits per heavy atom. The third-order valence-corrected chi connectivity index (χ3v) is 5.00. The number of nitrogens with zero attached hydrogens (tertiary/aromatic N) is 3. The molecule has 0 unspecified atom stereocenters. The van der Waals surface area contributed by atoms with Gasteiger partial charge in [0, 0.05) is 17.7 Å². The first kappa shape index (κ1) is 17.7. The lowest BCUT2D eigenvalue weighted by Crippen LogP contribution is -2.29.